The Morgan fingerprint density at radius 1 is 1.23 bits per heavy atom. The summed E-state index contributed by atoms with van der Waals surface area (Å²) >= 11 is 0. The van der Waals surface area contributed by atoms with E-state index < -0.39 is 26.5 Å². The molecule has 0 N–H and O–H groups in total. The topological polar surface area (TPSA) is 84.4 Å². The fourth-order valence-corrected chi connectivity index (χ4v) is 6.56. The van der Waals surface area contributed by atoms with E-state index in [1.807, 2.05) is 6.92 Å². The Labute approximate surface area is 175 Å². The molecule has 1 aromatic carbocycles. The number of hydrogen-bond donors (Lipinski definition) is 0. The van der Waals surface area contributed by atoms with Crippen LogP contribution in [0, 0.1) is 11.2 Å². The van der Waals surface area contributed by atoms with Crippen LogP contribution in [0.3, 0.4) is 0 Å². The Hall–Kier alpha value is -2.61. The number of carbonyl (C=O) groups is 2. The Morgan fingerprint density at radius 3 is 2.57 bits per heavy atom. The van der Waals surface area contributed by atoms with Crippen LogP contribution in [0.1, 0.15) is 49.5 Å². The van der Waals surface area contributed by atoms with Crippen molar-refractivity contribution in [2.75, 3.05) is 16.4 Å². The number of para-hydroxylation sites is 1. The van der Waals surface area contributed by atoms with E-state index in [9.17, 15) is 22.4 Å². The van der Waals surface area contributed by atoms with Gasteiger partial charge in [0.15, 0.2) is 15.6 Å². The molecule has 8 heteroatoms. The van der Waals surface area contributed by atoms with Crippen molar-refractivity contribution in [3.8, 4) is 0 Å². The highest BCUT2D eigenvalue weighted by Crippen LogP contribution is 2.45. The molecule has 0 bridgehead atoms. The minimum Gasteiger partial charge on any atom is -0.294 e. The summed E-state index contributed by atoms with van der Waals surface area (Å²) in [6.45, 7) is 5.25. The van der Waals surface area contributed by atoms with Gasteiger partial charge in [-0.2, -0.15) is 0 Å². The number of halogens is 1. The Morgan fingerprint density at radius 2 is 1.93 bits per heavy atom. The number of carbonyl (C=O) groups excluding carboxylic acids is 2. The minimum absolute atomic E-state index is 0.00481. The fourth-order valence-electron chi connectivity index (χ4n) is 4.30. The maximum Gasteiger partial charge on any atom is 0.243 e. The zero-order chi connectivity index (χ0) is 21.9. The van der Waals surface area contributed by atoms with Crippen molar-refractivity contribution in [2.45, 2.75) is 39.0 Å². The van der Waals surface area contributed by atoms with Crippen LogP contribution >= 0.6 is 0 Å². The van der Waals surface area contributed by atoms with Gasteiger partial charge in [0, 0.05) is 23.7 Å². The zero-order valence-corrected chi connectivity index (χ0v) is 17.9. The van der Waals surface area contributed by atoms with Crippen molar-refractivity contribution in [1.29, 1.82) is 0 Å². The number of amides is 1. The number of Topliss-reactive ketones (excluding diaryl/α,β-unsaturated/α-hetero) is 1. The second-order valence-corrected chi connectivity index (χ2v) is 11.2. The number of nitrogens with zero attached hydrogens (tertiary/aromatic N) is 2. The Kier molecular flexibility index (Phi) is 4.61. The van der Waals surface area contributed by atoms with Crippen LogP contribution in [0.4, 0.5) is 15.9 Å². The van der Waals surface area contributed by atoms with Crippen molar-refractivity contribution in [3.05, 3.63) is 53.5 Å². The van der Waals surface area contributed by atoms with Crippen LogP contribution in [0.25, 0.3) is 0 Å². The van der Waals surface area contributed by atoms with E-state index in [-0.39, 0.29) is 35.3 Å². The van der Waals surface area contributed by atoms with Crippen LogP contribution in [-0.4, -0.2) is 36.6 Å². The van der Waals surface area contributed by atoms with E-state index in [1.165, 1.54) is 23.2 Å². The quantitative estimate of drug-likeness (QED) is 0.693. The Balaban J connectivity index is 1.70. The first kappa shape index (κ1) is 20.7. The molecule has 0 saturated carbocycles. The lowest BCUT2D eigenvalue weighted by Gasteiger charge is -2.21. The predicted molar refractivity (Wildman–Crippen MR) is 111 cm³/mol. The smallest absolute Gasteiger partial charge is 0.243 e. The summed E-state index contributed by atoms with van der Waals surface area (Å²) in [4.78, 5) is 31.6. The first-order valence-electron chi connectivity index (χ1n) is 9.77. The number of ketones is 1. The highest BCUT2D eigenvalue weighted by Gasteiger charge is 2.47. The summed E-state index contributed by atoms with van der Waals surface area (Å²) < 4.78 is 38.1. The van der Waals surface area contributed by atoms with Crippen molar-refractivity contribution >= 4 is 33.0 Å². The van der Waals surface area contributed by atoms with Crippen LogP contribution in [-0.2, 0) is 20.0 Å². The number of fused-ring (bicyclic) bond motifs is 1. The molecule has 2 aliphatic heterocycles. The third kappa shape index (κ3) is 3.33. The molecule has 0 spiro atoms. The SMILES string of the molecule is CC1(C)C(=O)N(c2ccccc2F)c2ncc(C(=O)C[C@@]3(C)CCS(=O)(=O)C3)cc21. The summed E-state index contributed by atoms with van der Waals surface area (Å²) in [5.74, 6) is -0.674. The van der Waals surface area contributed by atoms with E-state index in [1.54, 1.807) is 32.0 Å². The number of pyridine rings is 1. The molecule has 1 aromatic heterocycles. The average Bonchev–Trinajstić information content (AvgIpc) is 3.05. The number of aromatic nitrogens is 1. The monoisotopic (exact) mass is 430 g/mol. The van der Waals surface area contributed by atoms with Gasteiger partial charge in [0.25, 0.3) is 0 Å². The van der Waals surface area contributed by atoms with Gasteiger partial charge in [0.2, 0.25) is 5.91 Å². The van der Waals surface area contributed by atoms with Crippen LogP contribution in [0.2, 0.25) is 0 Å². The van der Waals surface area contributed by atoms with Crippen molar-refractivity contribution in [3.63, 3.8) is 0 Å². The molecule has 2 aliphatic rings. The molecule has 0 unspecified atom stereocenters. The zero-order valence-electron chi connectivity index (χ0n) is 17.1. The van der Waals surface area contributed by atoms with E-state index >= 15 is 0 Å². The molecule has 1 amide bonds. The molecule has 2 aromatic rings. The molecule has 6 nitrogen and oxygen atoms in total. The van der Waals surface area contributed by atoms with Gasteiger partial charge in [-0.15, -0.1) is 0 Å². The van der Waals surface area contributed by atoms with E-state index in [0.29, 0.717) is 23.4 Å². The van der Waals surface area contributed by atoms with Gasteiger partial charge in [-0.25, -0.2) is 17.8 Å². The van der Waals surface area contributed by atoms with E-state index in [4.69, 9.17) is 0 Å². The maximum atomic E-state index is 14.4. The lowest BCUT2D eigenvalue weighted by Crippen LogP contribution is -2.33. The summed E-state index contributed by atoms with van der Waals surface area (Å²) in [7, 11) is -3.11. The van der Waals surface area contributed by atoms with Crippen molar-refractivity contribution in [1.82, 2.24) is 4.98 Å². The predicted octanol–water partition coefficient (Wildman–Crippen LogP) is 3.57. The fraction of sp³-hybridized carbons (Fsp3) is 0.409. The van der Waals surface area contributed by atoms with E-state index in [2.05, 4.69) is 4.98 Å². The maximum absolute atomic E-state index is 14.4. The molecular formula is C22H23FN2O4S. The first-order chi connectivity index (χ1) is 13.9. The van der Waals surface area contributed by atoms with Gasteiger partial charge in [0.1, 0.15) is 11.6 Å². The number of sulfone groups is 1. The lowest BCUT2D eigenvalue weighted by atomic mass is 9.82. The second kappa shape index (κ2) is 6.70. The summed E-state index contributed by atoms with van der Waals surface area (Å²) in [6.07, 6.45) is 1.93. The highest BCUT2D eigenvalue weighted by molar-refractivity contribution is 7.91. The van der Waals surface area contributed by atoms with Gasteiger partial charge in [0.05, 0.1) is 22.6 Å². The largest absolute Gasteiger partial charge is 0.294 e. The molecule has 1 fully saturated rings. The average molecular weight is 431 g/mol. The molecule has 4 rings (SSSR count). The van der Waals surface area contributed by atoms with Crippen LogP contribution in [0.15, 0.2) is 36.5 Å². The highest BCUT2D eigenvalue weighted by atomic mass is 32.2. The number of hydrogen-bond acceptors (Lipinski definition) is 5. The molecule has 158 valence electrons. The first-order valence-corrected chi connectivity index (χ1v) is 11.6. The van der Waals surface area contributed by atoms with Crippen LogP contribution < -0.4 is 4.90 Å². The molecule has 0 aliphatic carbocycles. The molecule has 3 heterocycles. The van der Waals surface area contributed by atoms with E-state index in [0.717, 1.165) is 0 Å². The second-order valence-electron chi connectivity index (χ2n) is 9.06. The van der Waals surface area contributed by atoms with Crippen molar-refractivity contribution in [2.24, 2.45) is 5.41 Å². The van der Waals surface area contributed by atoms with Crippen molar-refractivity contribution < 1.29 is 22.4 Å². The third-order valence-corrected chi connectivity index (χ3v) is 8.04. The summed E-state index contributed by atoms with van der Waals surface area (Å²) in [5.41, 5.74) is -0.591. The molecular weight excluding hydrogens is 407 g/mol. The standard InChI is InChI=1S/C22H23FN2O4S/c1-21(2)15-10-14(18(26)11-22(3)8-9-30(28,29)13-22)12-24-19(15)25(20(21)27)17-7-5-4-6-16(17)23/h4-7,10,12H,8-9,11,13H2,1-3H3/t22-/m1/s1. The van der Waals surface area contributed by atoms with Gasteiger partial charge in [-0.3, -0.25) is 14.5 Å². The lowest BCUT2D eigenvalue weighted by molar-refractivity contribution is -0.121. The Bertz CT molecular complexity index is 1180. The molecule has 30 heavy (non-hydrogen) atoms. The minimum atomic E-state index is -3.11. The normalized spacial score (nSPS) is 24.1. The number of anilines is 2. The van der Waals surface area contributed by atoms with Crippen LogP contribution in [0.5, 0.6) is 0 Å². The van der Waals surface area contributed by atoms with Gasteiger partial charge in [-0.05, 0) is 43.9 Å². The number of rotatable bonds is 4. The third-order valence-electron chi connectivity index (χ3n) is 6.08. The van der Waals surface area contributed by atoms with Gasteiger partial charge < -0.3 is 0 Å². The summed E-state index contributed by atoms with van der Waals surface area (Å²) in [6, 6.07) is 7.62. The van der Waals surface area contributed by atoms with Gasteiger partial charge >= 0.3 is 0 Å². The molecule has 1 atom stereocenters. The molecule has 0 radical (unpaired) electrons. The van der Waals surface area contributed by atoms with Gasteiger partial charge in [-0.1, -0.05) is 19.1 Å². The summed E-state index contributed by atoms with van der Waals surface area (Å²) in [5, 5.41) is 0. The number of benzene rings is 1. The molecule has 1 saturated heterocycles.